The van der Waals surface area contributed by atoms with Gasteiger partial charge in [0.05, 0.1) is 15.0 Å². The van der Waals surface area contributed by atoms with E-state index in [-0.39, 0.29) is 33.2 Å². The van der Waals surface area contributed by atoms with Crippen molar-refractivity contribution in [3.8, 4) is 11.6 Å². The number of amidine groups is 1. The fraction of sp³-hybridized carbons (Fsp3) is 0. The zero-order valence-corrected chi connectivity index (χ0v) is 11.7. The molecule has 2 aromatic rings. The molecule has 10 heteroatoms. The van der Waals surface area contributed by atoms with E-state index in [0.29, 0.717) is 0 Å². The molecule has 1 aromatic carbocycles. The fourth-order valence-electron chi connectivity index (χ4n) is 1.43. The van der Waals surface area contributed by atoms with Gasteiger partial charge in [0.15, 0.2) is 5.69 Å². The van der Waals surface area contributed by atoms with Crippen molar-refractivity contribution in [2.75, 3.05) is 0 Å². The van der Waals surface area contributed by atoms with Crippen LogP contribution in [0.3, 0.4) is 0 Å². The predicted octanol–water partition coefficient (Wildman–Crippen LogP) is 2.77. The quantitative estimate of drug-likeness (QED) is 0.384. The summed E-state index contributed by atoms with van der Waals surface area (Å²) >= 11 is 11.6. The molecule has 8 nitrogen and oxygen atoms in total. The van der Waals surface area contributed by atoms with Gasteiger partial charge in [0.1, 0.15) is 5.84 Å². The molecular weight excluding hydrogens is 321 g/mol. The Bertz CT molecular complexity index is 738. The van der Waals surface area contributed by atoms with Crippen LogP contribution in [-0.4, -0.2) is 20.7 Å². The van der Waals surface area contributed by atoms with Gasteiger partial charge in [0.2, 0.25) is 11.6 Å². The van der Waals surface area contributed by atoms with Gasteiger partial charge in [-0.1, -0.05) is 23.2 Å². The summed E-state index contributed by atoms with van der Waals surface area (Å²) < 4.78 is 5.32. The van der Waals surface area contributed by atoms with Gasteiger partial charge in [0, 0.05) is 24.5 Å². The van der Waals surface area contributed by atoms with E-state index >= 15 is 0 Å². The van der Waals surface area contributed by atoms with E-state index in [1.165, 1.54) is 18.5 Å². The lowest BCUT2D eigenvalue weighted by atomic mass is 10.3. The van der Waals surface area contributed by atoms with E-state index in [0.717, 1.165) is 6.07 Å². The van der Waals surface area contributed by atoms with Crippen molar-refractivity contribution in [1.82, 2.24) is 9.97 Å². The Labute approximate surface area is 128 Å². The number of benzene rings is 1. The number of ether oxygens (including phenoxy) is 1. The van der Waals surface area contributed by atoms with E-state index in [1.54, 1.807) is 0 Å². The largest absolute Gasteiger partial charge is 0.429 e. The number of nitrogens with zero attached hydrogens (tertiary/aromatic N) is 3. The highest BCUT2D eigenvalue weighted by Gasteiger charge is 2.21. The standard InChI is InChI=1S/C11H7Cl2N5O3/c12-5-3-7(18(19)20)8(4-6(5)13)21-11-9(10(14)15)16-1-2-17-11/h1-4H,(H3,14,15). The third-order valence-corrected chi connectivity index (χ3v) is 3.05. The van der Waals surface area contributed by atoms with Gasteiger partial charge in [-0.15, -0.1) is 0 Å². The molecule has 0 fully saturated rings. The molecule has 1 heterocycles. The summed E-state index contributed by atoms with van der Waals surface area (Å²) in [6.07, 6.45) is 2.61. The lowest BCUT2D eigenvalue weighted by molar-refractivity contribution is -0.385. The highest BCUT2D eigenvalue weighted by molar-refractivity contribution is 6.42. The molecule has 0 radical (unpaired) electrons. The summed E-state index contributed by atoms with van der Waals surface area (Å²) in [5.74, 6) is -0.718. The van der Waals surface area contributed by atoms with Gasteiger partial charge in [0.25, 0.3) is 0 Å². The van der Waals surface area contributed by atoms with Crippen LogP contribution in [0.2, 0.25) is 10.0 Å². The van der Waals surface area contributed by atoms with Crippen LogP contribution in [0.4, 0.5) is 5.69 Å². The van der Waals surface area contributed by atoms with Crippen molar-refractivity contribution in [3.05, 3.63) is 50.4 Å². The number of nitrogens with two attached hydrogens (primary N) is 1. The summed E-state index contributed by atoms with van der Waals surface area (Å²) in [4.78, 5) is 18.0. The predicted molar refractivity (Wildman–Crippen MR) is 76.2 cm³/mol. The minimum absolute atomic E-state index is 0.0154. The summed E-state index contributed by atoms with van der Waals surface area (Å²) in [5.41, 5.74) is 4.90. The Hall–Kier alpha value is -2.45. The van der Waals surface area contributed by atoms with Gasteiger partial charge in [-0.3, -0.25) is 15.5 Å². The van der Waals surface area contributed by atoms with Crippen molar-refractivity contribution in [2.24, 2.45) is 5.73 Å². The first kappa shape index (κ1) is 14.9. The van der Waals surface area contributed by atoms with Crippen LogP contribution in [-0.2, 0) is 0 Å². The molecule has 0 saturated heterocycles. The maximum Gasteiger partial charge on any atom is 0.313 e. The van der Waals surface area contributed by atoms with Crippen LogP contribution in [0.15, 0.2) is 24.5 Å². The molecule has 0 unspecified atom stereocenters. The molecule has 21 heavy (non-hydrogen) atoms. The van der Waals surface area contributed by atoms with E-state index in [1.807, 2.05) is 0 Å². The second kappa shape index (κ2) is 5.90. The second-order valence-corrected chi connectivity index (χ2v) is 4.53. The Kier molecular flexibility index (Phi) is 4.20. The minimum atomic E-state index is -0.679. The average molecular weight is 328 g/mol. The zero-order valence-electron chi connectivity index (χ0n) is 10.2. The van der Waals surface area contributed by atoms with Gasteiger partial charge in [-0.25, -0.2) is 9.97 Å². The number of hydrogen-bond donors (Lipinski definition) is 2. The molecule has 0 aliphatic carbocycles. The van der Waals surface area contributed by atoms with E-state index < -0.39 is 10.6 Å². The Morgan fingerprint density at radius 2 is 1.90 bits per heavy atom. The molecule has 0 aliphatic heterocycles. The topological polar surface area (TPSA) is 128 Å². The monoisotopic (exact) mass is 327 g/mol. The summed E-state index contributed by atoms with van der Waals surface area (Å²) in [6.45, 7) is 0. The normalized spacial score (nSPS) is 10.2. The first-order valence-electron chi connectivity index (χ1n) is 5.37. The minimum Gasteiger partial charge on any atom is -0.429 e. The molecule has 1 aromatic heterocycles. The van der Waals surface area contributed by atoms with E-state index in [4.69, 9.17) is 39.1 Å². The molecule has 3 N–H and O–H groups in total. The Morgan fingerprint density at radius 1 is 1.29 bits per heavy atom. The highest BCUT2D eigenvalue weighted by atomic mass is 35.5. The van der Waals surface area contributed by atoms with Gasteiger partial charge < -0.3 is 10.5 Å². The Balaban J connectivity index is 2.52. The first-order chi connectivity index (χ1) is 9.90. The summed E-state index contributed by atoms with van der Waals surface area (Å²) in [5, 5.41) is 18.5. The van der Waals surface area contributed by atoms with Crippen LogP contribution >= 0.6 is 23.2 Å². The number of aromatic nitrogens is 2. The lowest BCUT2D eigenvalue weighted by Gasteiger charge is -2.09. The number of rotatable bonds is 4. The summed E-state index contributed by atoms with van der Waals surface area (Å²) in [7, 11) is 0. The average Bonchev–Trinajstić information content (AvgIpc) is 2.42. The molecule has 0 amide bonds. The van der Waals surface area contributed by atoms with Crippen LogP contribution in [0.1, 0.15) is 5.69 Å². The van der Waals surface area contributed by atoms with Gasteiger partial charge in [-0.05, 0) is 0 Å². The van der Waals surface area contributed by atoms with Crippen LogP contribution in [0, 0.1) is 15.5 Å². The number of nitrogen functional groups attached to an aromatic ring is 1. The van der Waals surface area contributed by atoms with Crippen molar-refractivity contribution in [2.45, 2.75) is 0 Å². The molecular formula is C11H7Cl2N5O3. The molecule has 0 aliphatic rings. The number of nitro groups is 1. The number of nitrogens with one attached hydrogen (secondary N) is 1. The van der Waals surface area contributed by atoms with Crippen molar-refractivity contribution >= 4 is 34.7 Å². The SMILES string of the molecule is N=C(N)c1nccnc1Oc1cc(Cl)c(Cl)cc1[N+](=O)[O-]. The third-order valence-electron chi connectivity index (χ3n) is 2.32. The second-order valence-electron chi connectivity index (χ2n) is 3.72. The van der Waals surface area contributed by atoms with Crippen LogP contribution in [0.5, 0.6) is 11.6 Å². The zero-order chi connectivity index (χ0) is 15.6. The molecule has 0 bridgehead atoms. The van der Waals surface area contributed by atoms with Gasteiger partial charge in [-0.2, -0.15) is 0 Å². The molecule has 108 valence electrons. The number of halogens is 2. The lowest BCUT2D eigenvalue weighted by Crippen LogP contribution is -2.15. The van der Waals surface area contributed by atoms with E-state index in [2.05, 4.69) is 9.97 Å². The van der Waals surface area contributed by atoms with Gasteiger partial charge >= 0.3 is 5.69 Å². The third kappa shape index (κ3) is 3.18. The summed E-state index contributed by atoms with van der Waals surface area (Å²) in [6, 6.07) is 2.24. The number of hydrogen-bond acceptors (Lipinski definition) is 6. The van der Waals surface area contributed by atoms with Crippen molar-refractivity contribution < 1.29 is 9.66 Å². The molecule has 2 rings (SSSR count). The maximum atomic E-state index is 11.0. The highest BCUT2D eigenvalue weighted by Crippen LogP contribution is 2.37. The molecule has 0 atom stereocenters. The van der Waals surface area contributed by atoms with Crippen LogP contribution in [0.25, 0.3) is 0 Å². The first-order valence-corrected chi connectivity index (χ1v) is 6.12. The Morgan fingerprint density at radius 3 is 2.52 bits per heavy atom. The van der Waals surface area contributed by atoms with Crippen LogP contribution < -0.4 is 10.5 Å². The maximum absolute atomic E-state index is 11.0. The van der Waals surface area contributed by atoms with Crippen molar-refractivity contribution in [3.63, 3.8) is 0 Å². The number of nitro benzene ring substituents is 1. The smallest absolute Gasteiger partial charge is 0.313 e. The fourth-order valence-corrected chi connectivity index (χ4v) is 1.74. The molecule has 0 spiro atoms. The van der Waals surface area contributed by atoms with E-state index in [9.17, 15) is 10.1 Å². The van der Waals surface area contributed by atoms with Crippen molar-refractivity contribution in [1.29, 1.82) is 5.41 Å². The molecule has 0 saturated carbocycles.